The number of hydrogen-bond acceptors (Lipinski definition) is 5. The molecule has 0 spiro atoms. The zero-order valence-electron chi connectivity index (χ0n) is 23.0. The van der Waals surface area contributed by atoms with Gasteiger partial charge in [-0.3, -0.25) is 13.9 Å². The predicted octanol–water partition coefficient (Wildman–Crippen LogP) is 4.42. The van der Waals surface area contributed by atoms with Crippen molar-refractivity contribution in [2.75, 3.05) is 23.7 Å². The van der Waals surface area contributed by atoms with Gasteiger partial charge < -0.3 is 15.0 Å². The Morgan fingerprint density at radius 3 is 2.47 bits per heavy atom. The molecular weight excluding hydrogens is 502 g/mol. The second-order valence-corrected chi connectivity index (χ2v) is 11.9. The Bertz CT molecular complexity index is 1190. The highest BCUT2D eigenvalue weighted by molar-refractivity contribution is 7.92. The van der Waals surface area contributed by atoms with E-state index in [4.69, 9.17) is 4.74 Å². The summed E-state index contributed by atoms with van der Waals surface area (Å²) in [6, 6.07) is 14.4. The van der Waals surface area contributed by atoms with Crippen molar-refractivity contribution in [3.8, 4) is 5.75 Å². The second-order valence-electron chi connectivity index (χ2n) is 10.0. The number of rotatable bonds is 13. The molecule has 1 atom stereocenters. The lowest BCUT2D eigenvalue weighted by Gasteiger charge is -2.30. The summed E-state index contributed by atoms with van der Waals surface area (Å²) in [5, 5.41) is 3.11. The van der Waals surface area contributed by atoms with Gasteiger partial charge in [0, 0.05) is 25.6 Å². The molecule has 0 heterocycles. The molecule has 0 unspecified atom stereocenters. The Labute approximate surface area is 227 Å². The largest absolute Gasteiger partial charge is 0.492 e. The fraction of sp³-hybridized carbons (Fsp3) is 0.517. The van der Waals surface area contributed by atoms with Crippen molar-refractivity contribution in [1.82, 2.24) is 10.2 Å². The summed E-state index contributed by atoms with van der Waals surface area (Å²) in [4.78, 5) is 28.2. The van der Waals surface area contributed by atoms with Gasteiger partial charge in [-0.1, -0.05) is 54.8 Å². The number of nitrogens with one attached hydrogen (secondary N) is 1. The van der Waals surface area contributed by atoms with Crippen molar-refractivity contribution in [2.45, 2.75) is 77.9 Å². The van der Waals surface area contributed by atoms with Crippen molar-refractivity contribution in [3.05, 3.63) is 59.7 Å². The van der Waals surface area contributed by atoms with Gasteiger partial charge in [0.1, 0.15) is 11.8 Å². The normalized spacial score (nSPS) is 14.6. The van der Waals surface area contributed by atoms with Crippen molar-refractivity contribution in [1.29, 1.82) is 0 Å². The Morgan fingerprint density at radius 2 is 1.82 bits per heavy atom. The minimum atomic E-state index is -3.61. The van der Waals surface area contributed by atoms with Crippen molar-refractivity contribution in [2.24, 2.45) is 0 Å². The summed E-state index contributed by atoms with van der Waals surface area (Å²) in [5.41, 5.74) is 2.47. The van der Waals surface area contributed by atoms with E-state index in [1.807, 2.05) is 38.1 Å². The SMILES string of the molecule is CCOc1ccccc1N(CCCC(=O)N(Cc1cccc(C)c1)[C@H](C)C(=O)NC1CCCC1)S(C)(=O)=O. The van der Waals surface area contributed by atoms with Gasteiger partial charge in [-0.25, -0.2) is 8.42 Å². The van der Waals surface area contributed by atoms with Gasteiger partial charge in [0.05, 0.1) is 18.6 Å². The maximum atomic E-state index is 13.5. The Balaban J connectivity index is 1.74. The average Bonchev–Trinajstić information content (AvgIpc) is 3.38. The monoisotopic (exact) mass is 543 g/mol. The standard InChI is InChI=1S/C29H41N3O5S/c1-5-37-27-17-9-8-16-26(27)32(38(4,35)36)19-11-18-28(33)31(21-24-13-10-12-22(2)20-24)23(3)29(34)30-25-14-6-7-15-25/h8-10,12-13,16-17,20,23,25H,5-7,11,14-15,18-19,21H2,1-4H3,(H,30,34)/t23-/m1/s1. The molecule has 3 rings (SSSR count). The van der Waals surface area contributed by atoms with Crippen LogP contribution in [0.15, 0.2) is 48.5 Å². The highest BCUT2D eigenvalue weighted by Gasteiger charge is 2.29. The highest BCUT2D eigenvalue weighted by Crippen LogP contribution is 2.30. The van der Waals surface area contributed by atoms with E-state index >= 15 is 0 Å². The topological polar surface area (TPSA) is 96.0 Å². The molecule has 1 saturated carbocycles. The van der Waals surface area contributed by atoms with Crippen LogP contribution < -0.4 is 14.4 Å². The quantitative estimate of drug-likeness (QED) is 0.404. The molecule has 0 bridgehead atoms. The van der Waals surface area contributed by atoms with Crippen LogP contribution in [0.4, 0.5) is 5.69 Å². The number of benzene rings is 2. The number of nitrogens with zero attached hydrogens (tertiary/aromatic N) is 2. The number of para-hydroxylation sites is 2. The molecule has 0 saturated heterocycles. The first-order valence-electron chi connectivity index (χ1n) is 13.4. The first-order chi connectivity index (χ1) is 18.1. The Kier molecular flexibility index (Phi) is 10.6. The van der Waals surface area contributed by atoms with Crippen LogP contribution in [0, 0.1) is 6.92 Å². The summed E-state index contributed by atoms with van der Waals surface area (Å²) < 4.78 is 32.2. The van der Waals surface area contributed by atoms with Gasteiger partial charge in [0.15, 0.2) is 0 Å². The van der Waals surface area contributed by atoms with Gasteiger partial charge in [-0.15, -0.1) is 0 Å². The summed E-state index contributed by atoms with van der Waals surface area (Å²) in [7, 11) is -3.61. The molecule has 1 aliphatic rings. The van der Waals surface area contributed by atoms with E-state index in [1.165, 1.54) is 4.31 Å². The third-order valence-corrected chi connectivity index (χ3v) is 8.07. The number of hydrogen-bond donors (Lipinski definition) is 1. The lowest BCUT2D eigenvalue weighted by molar-refractivity contribution is -0.141. The number of anilines is 1. The van der Waals surface area contributed by atoms with Gasteiger partial charge in [-0.05, 0) is 57.7 Å². The lowest BCUT2D eigenvalue weighted by Crippen LogP contribution is -2.49. The first-order valence-corrected chi connectivity index (χ1v) is 15.3. The molecule has 1 N–H and O–H groups in total. The van der Waals surface area contributed by atoms with Crippen LogP contribution in [-0.4, -0.2) is 56.6 Å². The third-order valence-electron chi connectivity index (χ3n) is 6.89. The average molecular weight is 544 g/mol. The molecule has 0 radical (unpaired) electrons. The van der Waals surface area contributed by atoms with Crippen molar-refractivity contribution in [3.63, 3.8) is 0 Å². The molecule has 0 aliphatic heterocycles. The predicted molar refractivity (Wildman–Crippen MR) is 151 cm³/mol. The zero-order chi connectivity index (χ0) is 27.7. The molecular formula is C29H41N3O5S. The fourth-order valence-electron chi connectivity index (χ4n) is 4.90. The van der Waals surface area contributed by atoms with Crippen molar-refractivity contribution < 1.29 is 22.7 Å². The van der Waals surface area contributed by atoms with E-state index in [0.717, 1.165) is 43.1 Å². The first kappa shape index (κ1) is 29.5. The Morgan fingerprint density at radius 1 is 1.11 bits per heavy atom. The van der Waals surface area contributed by atoms with E-state index in [2.05, 4.69) is 5.32 Å². The van der Waals surface area contributed by atoms with Crippen LogP contribution >= 0.6 is 0 Å². The van der Waals surface area contributed by atoms with Crippen LogP contribution in [0.3, 0.4) is 0 Å². The molecule has 8 nitrogen and oxygen atoms in total. The number of ether oxygens (including phenoxy) is 1. The molecule has 2 aromatic carbocycles. The second kappa shape index (κ2) is 13.6. The number of aryl methyl sites for hydroxylation is 1. The molecule has 0 aromatic heterocycles. The molecule has 208 valence electrons. The van der Waals surface area contributed by atoms with Crippen LogP contribution in [0.5, 0.6) is 5.75 Å². The minimum absolute atomic E-state index is 0.107. The van der Waals surface area contributed by atoms with E-state index in [9.17, 15) is 18.0 Å². The number of carbonyl (C=O) groups is 2. The summed E-state index contributed by atoms with van der Waals surface area (Å²) in [5.74, 6) is 0.137. The summed E-state index contributed by atoms with van der Waals surface area (Å²) >= 11 is 0. The van der Waals surface area contributed by atoms with E-state index in [1.54, 1.807) is 36.1 Å². The molecule has 2 aromatic rings. The maximum absolute atomic E-state index is 13.5. The summed E-state index contributed by atoms with van der Waals surface area (Å²) in [6.07, 6.45) is 5.70. The highest BCUT2D eigenvalue weighted by atomic mass is 32.2. The van der Waals surface area contributed by atoms with E-state index in [-0.39, 0.29) is 30.8 Å². The number of amides is 2. The van der Waals surface area contributed by atoms with E-state index < -0.39 is 16.1 Å². The lowest BCUT2D eigenvalue weighted by atomic mass is 10.1. The Hall–Kier alpha value is -3.07. The summed E-state index contributed by atoms with van der Waals surface area (Å²) in [6.45, 7) is 6.43. The van der Waals surface area contributed by atoms with Crippen LogP contribution in [-0.2, 0) is 26.2 Å². The van der Waals surface area contributed by atoms with Gasteiger partial charge in [0.25, 0.3) is 0 Å². The number of sulfonamides is 1. The van der Waals surface area contributed by atoms with Crippen LogP contribution in [0.1, 0.15) is 63.5 Å². The molecule has 38 heavy (non-hydrogen) atoms. The van der Waals surface area contributed by atoms with Gasteiger partial charge >= 0.3 is 0 Å². The minimum Gasteiger partial charge on any atom is -0.492 e. The van der Waals surface area contributed by atoms with Crippen LogP contribution in [0.25, 0.3) is 0 Å². The zero-order valence-corrected chi connectivity index (χ0v) is 23.8. The smallest absolute Gasteiger partial charge is 0.242 e. The molecule has 2 amide bonds. The van der Waals surface area contributed by atoms with Gasteiger partial charge in [0.2, 0.25) is 21.8 Å². The third kappa shape index (κ3) is 8.21. The molecule has 9 heteroatoms. The number of carbonyl (C=O) groups excluding carboxylic acids is 2. The fourth-order valence-corrected chi connectivity index (χ4v) is 5.87. The molecule has 1 fully saturated rings. The molecule has 1 aliphatic carbocycles. The van der Waals surface area contributed by atoms with Gasteiger partial charge in [-0.2, -0.15) is 0 Å². The maximum Gasteiger partial charge on any atom is 0.242 e. The van der Waals surface area contributed by atoms with E-state index in [0.29, 0.717) is 31.0 Å². The van der Waals surface area contributed by atoms with Crippen LogP contribution in [0.2, 0.25) is 0 Å². The van der Waals surface area contributed by atoms with Crippen molar-refractivity contribution >= 4 is 27.5 Å².